The summed E-state index contributed by atoms with van der Waals surface area (Å²) < 4.78 is 15.5. The first-order chi connectivity index (χ1) is 12.5. The number of ether oxygens (including phenoxy) is 3. The highest BCUT2D eigenvalue weighted by atomic mass is 16.7. The number of rotatable bonds is 4. The van der Waals surface area contributed by atoms with Crippen LogP contribution in [0, 0.1) is 0 Å². The fourth-order valence-electron chi connectivity index (χ4n) is 2.19. The molecule has 134 valence electrons. The molecule has 2 aromatic carbocycles. The Balaban J connectivity index is 1.52. The molecule has 0 aliphatic carbocycles. The zero-order valence-corrected chi connectivity index (χ0v) is 13.9. The Morgan fingerprint density at radius 3 is 2.46 bits per heavy atom. The second-order valence-electron chi connectivity index (χ2n) is 5.42. The van der Waals surface area contributed by atoms with Crippen molar-refractivity contribution in [3.63, 3.8) is 0 Å². The maximum absolute atomic E-state index is 12.1. The third-order valence-corrected chi connectivity index (χ3v) is 3.60. The molecule has 8 nitrogen and oxygen atoms in total. The molecule has 0 radical (unpaired) electrons. The third kappa shape index (κ3) is 3.92. The van der Waals surface area contributed by atoms with Crippen LogP contribution in [0.1, 0.15) is 27.6 Å². The van der Waals surface area contributed by atoms with Crippen molar-refractivity contribution >= 4 is 17.8 Å². The molecule has 0 aromatic heterocycles. The average Bonchev–Trinajstić information content (AvgIpc) is 3.14. The molecule has 0 saturated carbocycles. The van der Waals surface area contributed by atoms with Gasteiger partial charge in [-0.1, -0.05) is 18.2 Å². The summed E-state index contributed by atoms with van der Waals surface area (Å²) in [4.78, 5) is 36.0. The Kier molecular flexibility index (Phi) is 5.02. The number of carbonyl (C=O) groups is 3. The molecule has 2 N–H and O–H groups in total. The number of benzene rings is 2. The number of nitrogens with one attached hydrogen (secondary N) is 2. The molecule has 0 saturated heterocycles. The lowest BCUT2D eigenvalue weighted by atomic mass is 10.2. The third-order valence-electron chi connectivity index (χ3n) is 3.60. The lowest BCUT2D eigenvalue weighted by Crippen LogP contribution is -2.46. The van der Waals surface area contributed by atoms with E-state index >= 15 is 0 Å². The first-order valence-corrected chi connectivity index (χ1v) is 7.80. The lowest BCUT2D eigenvalue weighted by molar-refractivity contribution is -0.129. The van der Waals surface area contributed by atoms with E-state index < -0.39 is 23.9 Å². The summed E-state index contributed by atoms with van der Waals surface area (Å²) in [6.45, 7) is 1.49. The molecular weight excluding hydrogens is 340 g/mol. The quantitative estimate of drug-likeness (QED) is 0.634. The highest BCUT2D eigenvalue weighted by Crippen LogP contribution is 2.32. The molecule has 8 heteroatoms. The minimum absolute atomic E-state index is 0.0910. The number of amides is 2. The normalized spacial score (nSPS) is 12.8. The van der Waals surface area contributed by atoms with Crippen molar-refractivity contribution in [2.75, 3.05) is 6.79 Å². The van der Waals surface area contributed by atoms with Crippen molar-refractivity contribution in [3.05, 3.63) is 59.7 Å². The second-order valence-corrected chi connectivity index (χ2v) is 5.42. The largest absolute Gasteiger partial charge is 0.454 e. The van der Waals surface area contributed by atoms with Crippen molar-refractivity contribution in [3.8, 4) is 11.5 Å². The fourth-order valence-corrected chi connectivity index (χ4v) is 2.19. The van der Waals surface area contributed by atoms with Gasteiger partial charge in [0.15, 0.2) is 17.6 Å². The van der Waals surface area contributed by atoms with Crippen LogP contribution in [0.15, 0.2) is 48.5 Å². The van der Waals surface area contributed by atoms with Gasteiger partial charge in [-0.05, 0) is 37.3 Å². The van der Waals surface area contributed by atoms with Crippen molar-refractivity contribution in [1.82, 2.24) is 10.9 Å². The van der Waals surface area contributed by atoms with Crippen LogP contribution >= 0.6 is 0 Å². The van der Waals surface area contributed by atoms with Crippen LogP contribution in [-0.4, -0.2) is 30.7 Å². The minimum Gasteiger partial charge on any atom is -0.454 e. The van der Waals surface area contributed by atoms with Gasteiger partial charge in [-0.2, -0.15) is 0 Å². The van der Waals surface area contributed by atoms with Gasteiger partial charge in [0.25, 0.3) is 11.8 Å². The van der Waals surface area contributed by atoms with Gasteiger partial charge in [0.2, 0.25) is 6.79 Å². The van der Waals surface area contributed by atoms with Gasteiger partial charge < -0.3 is 14.2 Å². The molecule has 2 aromatic rings. The van der Waals surface area contributed by atoms with Gasteiger partial charge in [0.1, 0.15) is 0 Å². The van der Waals surface area contributed by atoms with Crippen LogP contribution in [0.3, 0.4) is 0 Å². The van der Waals surface area contributed by atoms with E-state index in [4.69, 9.17) is 14.2 Å². The summed E-state index contributed by atoms with van der Waals surface area (Å²) in [5.41, 5.74) is 5.09. The topological polar surface area (TPSA) is 103 Å². The van der Waals surface area contributed by atoms with Crippen LogP contribution in [0.2, 0.25) is 0 Å². The highest BCUT2D eigenvalue weighted by Gasteiger charge is 2.22. The predicted molar refractivity (Wildman–Crippen MR) is 89.5 cm³/mol. The Morgan fingerprint density at radius 1 is 0.962 bits per heavy atom. The van der Waals surface area contributed by atoms with Crippen molar-refractivity contribution in [2.24, 2.45) is 0 Å². The Labute approximate surface area is 149 Å². The van der Waals surface area contributed by atoms with Crippen LogP contribution in [0.25, 0.3) is 0 Å². The summed E-state index contributed by atoms with van der Waals surface area (Å²) in [5.74, 6) is -0.861. The number of hydrogen-bond acceptors (Lipinski definition) is 6. The van der Waals surface area contributed by atoms with Gasteiger partial charge in [-0.15, -0.1) is 0 Å². The monoisotopic (exact) mass is 356 g/mol. The van der Waals surface area contributed by atoms with E-state index in [0.29, 0.717) is 17.1 Å². The fraction of sp³-hybridized carbons (Fsp3) is 0.167. The molecule has 3 rings (SSSR count). The average molecular weight is 356 g/mol. The number of carbonyl (C=O) groups excluding carboxylic acids is 3. The first kappa shape index (κ1) is 17.3. The Hall–Kier alpha value is -3.55. The number of hydrogen-bond donors (Lipinski definition) is 2. The van der Waals surface area contributed by atoms with Gasteiger partial charge >= 0.3 is 5.97 Å². The summed E-state index contributed by atoms with van der Waals surface area (Å²) in [6.07, 6.45) is -1.11. The van der Waals surface area contributed by atoms with Crippen molar-refractivity contribution in [1.29, 1.82) is 0 Å². The summed E-state index contributed by atoms with van der Waals surface area (Å²) in [6, 6.07) is 13.0. The number of fused-ring (bicyclic) bond motifs is 1. The number of hydrazine groups is 1. The summed E-state index contributed by atoms with van der Waals surface area (Å²) in [7, 11) is 0. The molecule has 1 atom stereocenters. The maximum Gasteiger partial charge on any atom is 0.339 e. The Morgan fingerprint density at radius 2 is 1.69 bits per heavy atom. The van der Waals surface area contributed by atoms with Gasteiger partial charge in [-0.3, -0.25) is 20.4 Å². The van der Waals surface area contributed by atoms with Crippen LogP contribution in [-0.2, 0) is 9.53 Å². The van der Waals surface area contributed by atoms with Crippen LogP contribution in [0.5, 0.6) is 11.5 Å². The lowest BCUT2D eigenvalue weighted by Gasteiger charge is -2.14. The van der Waals surface area contributed by atoms with E-state index in [1.54, 1.807) is 36.4 Å². The second kappa shape index (κ2) is 7.56. The number of esters is 1. The van der Waals surface area contributed by atoms with Crippen molar-refractivity contribution < 1.29 is 28.6 Å². The van der Waals surface area contributed by atoms with E-state index in [9.17, 15) is 14.4 Å². The molecule has 2 amide bonds. The molecule has 1 heterocycles. The molecule has 1 aliphatic heterocycles. The van der Waals surface area contributed by atoms with Crippen LogP contribution in [0.4, 0.5) is 0 Å². The van der Waals surface area contributed by atoms with Gasteiger partial charge in [0, 0.05) is 5.56 Å². The predicted octanol–water partition coefficient (Wildman–Crippen LogP) is 1.42. The molecule has 0 bridgehead atoms. The first-order valence-electron chi connectivity index (χ1n) is 7.80. The molecule has 0 fully saturated rings. The SMILES string of the molecule is C[C@H](OC(=O)c1ccc2c(c1)OCO2)C(=O)NNC(=O)c1ccccc1. The summed E-state index contributed by atoms with van der Waals surface area (Å²) in [5, 5.41) is 0. The van der Waals surface area contributed by atoms with Crippen LogP contribution < -0.4 is 20.3 Å². The molecule has 1 aliphatic rings. The molecule has 26 heavy (non-hydrogen) atoms. The van der Waals surface area contributed by atoms with Gasteiger partial charge in [-0.25, -0.2) is 4.79 Å². The smallest absolute Gasteiger partial charge is 0.339 e. The highest BCUT2D eigenvalue weighted by molar-refractivity contribution is 5.96. The summed E-state index contributed by atoms with van der Waals surface area (Å²) >= 11 is 0. The van der Waals surface area contributed by atoms with E-state index in [2.05, 4.69) is 10.9 Å². The molecule has 0 spiro atoms. The van der Waals surface area contributed by atoms with E-state index in [-0.39, 0.29) is 12.4 Å². The molecule has 0 unspecified atom stereocenters. The van der Waals surface area contributed by atoms with E-state index in [0.717, 1.165) is 0 Å². The van der Waals surface area contributed by atoms with Crippen molar-refractivity contribution in [2.45, 2.75) is 13.0 Å². The zero-order valence-electron chi connectivity index (χ0n) is 13.9. The minimum atomic E-state index is -1.11. The zero-order chi connectivity index (χ0) is 18.5. The maximum atomic E-state index is 12.1. The standard InChI is InChI=1S/C18H16N2O6/c1-11(16(21)19-20-17(22)12-5-3-2-4-6-12)26-18(23)13-7-8-14-15(9-13)25-10-24-14/h2-9,11H,10H2,1H3,(H,19,21)(H,20,22)/t11-/m0/s1. The Bertz CT molecular complexity index is 837. The molecular formula is C18H16N2O6. The van der Waals surface area contributed by atoms with Gasteiger partial charge in [0.05, 0.1) is 5.56 Å². The van der Waals surface area contributed by atoms with E-state index in [1.807, 2.05) is 0 Å². The van der Waals surface area contributed by atoms with E-state index in [1.165, 1.54) is 19.1 Å².